The number of methoxy groups -OCH3 is 1. The fraction of sp³-hybridized carbons (Fsp3) is 0.105. The zero-order valence-corrected chi connectivity index (χ0v) is 13.4. The fourth-order valence-electron chi connectivity index (χ4n) is 2.45. The van der Waals surface area contributed by atoms with E-state index in [1.165, 1.54) is 13.2 Å². The number of esters is 2. The van der Waals surface area contributed by atoms with E-state index in [-0.39, 0.29) is 23.5 Å². The molecule has 25 heavy (non-hydrogen) atoms. The number of carbonyl (C=O) groups excluding carboxylic acids is 2. The van der Waals surface area contributed by atoms with Crippen molar-refractivity contribution < 1.29 is 19.1 Å². The Morgan fingerprint density at radius 2 is 1.76 bits per heavy atom. The normalized spacial score (nSPS) is 10.4. The molecule has 2 aromatic carbocycles. The summed E-state index contributed by atoms with van der Waals surface area (Å²) in [5.41, 5.74) is 1.13. The van der Waals surface area contributed by atoms with Crippen molar-refractivity contribution in [3.8, 4) is 5.75 Å². The Bertz CT molecular complexity index is 989. The molecule has 0 spiro atoms. The van der Waals surface area contributed by atoms with Gasteiger partial charge in [0, 0.05) is 17.0 Å². The molecule has 1 aromatic heterocycles. The third-order valence-corrected chi connectivity index (χ3v) is 3.68. The average molecular weight is 337 g/mol. The van der Waals surface area contributed by atoms with Crippen LogP contribution in [0.4, 0.5) is 0 Å². The number of hydrogen-bond donors (Lipinski definition) is 1. The van der Waals surface area contributed by atoms with Gasteiger partial charge in [-0.05, 0) is 23.8 Å². The number of pyridine rings is 1. The molecule has 3 aromatic rings. The molecule has 0 aliphatic heterocycles. The number of ether oxygens (including phenoxy) is 2. The Morgan fingerprint density at radius 1 is 1.04 bits per heavy atom. The molecule has 0 atom stereocenters. The number of benzene rings is 2. The van der Waals surface area contributed by atoms with Crippen LogP contribution in [0.2, 0.25) is 0 Å². The van der Waals surface area contributed by atoms with Gasteiger partial charge >= 0.3 is 11.9 Å². The number of fused-ring (bicyclic) bond motifs is 1. The predicted molar refractivity (Wildman–Crippen MR) is 91.7 cm³/mol. The topological polar surface area (TPSA) is 85.5 Å². The summed E-state index contributed by atoms with van der Waals surface area (Å²) in [6.07, 6.45) is 0.142. The highest BCUT2D eigenvalue weighted by Gasteiger charge is 2.14. The molecule has 0 fully saturated rings. The van der Waals surface area contributed by atoms with Crippen molar-refractivity contribution in [2.75, 3.05) is 7.11 Å². The smallest absolute Gasteiger partial charge is 0.344 e. The van der Waals surface area contributed by atoms with Crippen LogP contribution < -0.4 is 10.3 Å². The molecular formula is C19H15NO5. The number of H-pyrrole nitrogens is 1. The molecule has 0 saturated carbocycles. The van der Waals surface area contributed by atoms with Gasteiger partial charge in [-0.15, -0.1) is 0 Å². The van der Waals surface area contributed by atoms with Gasteiger partial charge in [-0.3, -0.25) is 9.59 Å². The van der Waals surface area contributed by atoms with Crippen molar-refractivity contribution in [2.24, 2.45) is 0 Å². The summed E-state index contributed by atoms with van der Waals surface area (Å²) in [7, 11) is 1.32. The Kier molecular flexibility index (Phi) is 4.61. The lowest BCUT2D eigenvalue weighted by molar-refractivity contribution is -0.139. The van der Waals surface area contributed by atoms with Gasteiger partial charge in [0.2, 0.25) is 5.56 Å². The number of nitrogens with one attached hydrogen (secondary N) is 1. The number of aromatic nitrogens is 1. The number of aromatic amines is 1. The molecule has 0 aliphatic carbocycles. The van der Waals surface area contributed by atoms with Crippen LogP contribution in [0.5, 0.6) is 5.75 Å². The summed E-state index contributed by atoms with van der Waals surface area (Å²) >= 11 is 0. The monoisotopic (exact) mass is 337 g/mol. The van der Waals surface area contributed by atoms with Crippen LogP contribution in [0.1, 0.15) is 15.9 Å². The molecule has 0 amide bonds. The summed E-state index contributed by atoms with van der Waals surface area (Å²) < 4.78 is 9.94. The molecule has 6 heteroatoms. The van der Waals surface area contributed by atoms with Gasteiger partial charge < -0.3 is 14.5 Å². The van der Waals surface area contributed by atoms with Crippen LogP contribution in [0, 0.1) is 0 Å². The van der Waals surface area contributed by atoms with Crippen molar-refractivity contribution in [1.82, 2.24) is 4.98 Å². The van der Waals surface area contributed by atoms with E-state index in [1.807, 2.05) is 0 Å². The minimum absolute atomic E-state index is 0.142. The third kappa shape index (κ3) is 3.74. The van der Waals surface area contributed by atoms with Crippen LogP contribution in [0.15, 0.2) is 59.4 Å². The molecule has 0 radical (unpaired) electrons. The lowest BCUT2D eigenvalue weighted by Crippen LogP contribution is -2.15. The van der Waals surface area contributed by atoms with Gasteiger partial charge in [-0.2, -0.15) is 0 Å². The second-order valence-electron chi connectivity index (χ2n) is 5.38. The SMILES string of the molecule is COC(=O)Cc1ccc(OC(=O)c2cc(=O)[nH]c3ccccc23)cc1. The lowest BCUT2D eigenvalue weighted by atomic mass is 10.1. The first-order valence-corrected chi connectivity index (χ1v) is 7.57. The Labute approximate surface area is 143 Å². The second-order valence-corrected chi connectivity index (χ2v) is 5.38. The molecule has 1 N–H and O–H groups in total. The fourth-order valence-corrected chi connectivity index (χ4v) is 2.45. The molecule has 126 valence electrons. The quantitative estimate of drug-likeness (QED) is 0.584. The maximum Gasteiger partial charge on any atom is 0.344 e. The van der Waals surface area contributed by atoms with Crippen molar-refractivity contribution in [2.45, 2.75) is 6.42 Å². The van der Waals surface area contributed by atoms with Gasteiger partial charge in [0.25, 0.3) is 0 Å². The molecular weight excluding hydrogens is 322 g/mol. The van der Waals surface area contributed by atoms with Crippen LogP contribution in [-0.2, 0) is 16.0 Å². The highest BCUT2D eigenvalue weighted by Crippen LogP contribution is 2.19. The first-order valence-electron chi connectivity index (χ1n) is 7.57. The van der Waals surface area contributed by atoms with Crippen molar-refractivity contribution >= 4 is 22.8 Å². The van der Waals surface area contributed by atoms with E-state index >= 15 is 0 Å². The number of para-hydroxylation sites is 1. The minimum atomic E-state index is -0.622. The Balaban J connectivity index is 1.83. The Morgan fingerprint density at radius 3 is 2.48 bits per heavy atom. The van der Waals surface area contributed by atoms with Gasteiger partial charge in [0.15, 0.2) is 0 Å². The van der Waals surface area contributed by atoms with Crippen LogP contribution in [0.3, 0.4) is 0 Å². The molecule has 3 rings (SSSR count). The lowest BCUT2D eigenvalue weighted by Gasteiger charge is -2.07. The summed E-state index contributed by atoms with van der Waals surface area (Å²) in [5.74, 6) is -0.647. The van der Waals surface area contributed by atoms with Gasteiger partial charge in [0.1, 0.15) is 5.75 Å². The van der Waals surface area contributed by atoms with Gasteiger partial charge in [-0.25, -0.2) is 4.79 Å². The summed E-state index contributed by atoms with van der Waals surface area (Å²) in [6, 6.07) is 14.8. The minimum Gasteiger partial charge on any atom is -0.469 e. The van der Waals surface area contributed by atoms with Crippen molar-refractivity contribution in [1.29, 1.82) is 0 Å². The molecule has 0 bridgehead atoms. The van der Waals surface area contributed by atoms with Gasteiger partial charge in [0.05, 0.1) is 19.1 Å². The third-order valence-electron chi connectivity index (χ3n) is 3.68. The molecule has 0 unspecified atom stereocenters. The average Bonchev–Trinajstić information content (AvgIpc) is 2.62. The van der Waals surface area contributed by atoms with E-state index in [2.05, 4.69) is 9.72 Å². The predicted octanol–water partition coefficient (Wildman–Crippen LogP) is 2.46. The molecule has 0 saturated heterocycles. The highest BCUT2D eigenvalue weighted by atomic mass is 16.5. The van der Waals surface area contributed by atoms with Crippen LogP contribution in [-0.4, -0.2) is 24.0 Å². The van der Waals surface area contributed by atoms with Crippen LogP contribution >= 0.6 is 0 Å². The van der Waals surface area contributed by atoms with E-state index in [0.717, 1.165) is 5.56 Å². The maximum absolute atomic E-state index is 12.4. The zero-order valence-electron chi connectivity index (χ0n) is 13.4. The van der Waals surface area contributed by atoms with Crippen LogP contribution in [0.25, 0.3) is 10.9 Å². The van der Waals surface area contributed by atoms with E-state index in [9.17, 15) is 14.4 Å². The second kappa shape index (κ2) is 7.00. The standard InChI is InChI=1S/C19H15NO5/c1-24-18(22)10-12-6-8-13(9-7-12)25-19(23)15-11-17(21)20-16-5-3-2-4-14(15)16/h2-9,11H,10H2,1H3,(H,20,21). The van der Waals surface area contributed by atoms with E-state index in [0.29, 0.717) is 16.7 Å². The van der Waals surface area contributed by atoms with E-state index < -0.39 is 5.97 Å². The summed E-state index contributed by atoms with van der Waals surface area (Å²) in [6.45, 7) is 0. The number of carbonyl (C=O) groups is 2. The number of rotatable bonds is 4. The molecule has 6 nitrogen and oxygen atoms in total. The molecule has 1 heterocycles. The first-order chi connectivity index (χ1) is 12.1. The number of hydrogen-bond acceptors (Lipinski definition) is 5. The Hall–Kier alpha value is -3.41. The highest BCUT2D eigenvalue weighted by molar-refractivity contribution is 6.03. The van der Waals surface area contributed by atoms with Crippen molar-refractivity contribution in [3.63, 3.8) is 0 Å². The van der Waals surface area contributed by atoms with E-state index in [4.69, 9.17) is 4.74 Å². The molecule has 0 aliphatic rings. The zero-order chi connectivity index (χ0) is 17.8. The van der Waals surface area contributed by atoms with Crippen molar-refractivity contribution in [3.05, 3.63) is 76.1 Å². The summed E-state index contributed by atoms with van der Waals surface area (Å²) in [4.78, 5) is 38.1. The summed E-state index contributed by atoms with van der Waals surface area (Å²) in [5, 5.41) is 0.606. The first kappa shape index (κ1) is 16.4. The largest absolute Gasteiger partial charge is 0.469 e. The van der Waals surface area contributed by atoms with E-state index in [1.54, 1.807) is 48.5 Å². The van der Waals surface area contributed by atoms with Gasteiger partial charge in [-0.1, -0.05) is 30.3 Å². The maximum atomic E-state index is 12.4.